The van der Waals surface area contributed by atoms with Gasteiger partial charge in [0.25, 0.3) is 0 Å². The van der Waals surface area contributed by atoms with Gasteiger partial charge in [-0.25, -0.2) is 4.39 Å². The van der Waals surface area contributed by atoms with Crippen LogP contribution in [0.5, 0.6) is 5.75 Å². The van der Waals surface area contributed by atoms with E-state index in [9.17, 15) is 9.18 Å². The molecule has 0 bridgehead atoms. The third-order valence-corrected chi connectivity index (χ3v) is 2.48. The van der Waals surface area contributed by atoms with E-state index in [1.807, 2.05) is 13.8 Å². The fourth-order valence-corrected chi connectivity index (χ4v) is 1.62. The standard InChI is InChI=1S/C14H21FN2O2/c1-3-16-10-11-7-12(15)9-13(8-11)19-6-5-14(18)17-4-2/h7-9,16H,3-6,10H2,1-2H3,(H,17,18). The maximum atomic E-state index is 13.4. The second-order valence-corrected chi connectivity index (χ2v) is 4.13. The van der Waals surface area contributed by atoms with E-state index in [2.05, 4.69) is 10.6 Å². The van der Waals surface area contributed by atoms with E-state index in [1.54, 1.807) is 6.07 Å². The normalized spacial score (nSPS) is 10.3. The van der Waals surface area contributed by atoms with Gasteiger partial charge in [-0.1, -0.05) is 6.92 Å². The van der Waals surface area contributed by atoms with Gasteiger partial charge < -0.3 is 15.4 Å². The largest absolute Gasteiger partial charge is 0.493 e. The molecule has 4 nitrogen and oxygen atoms in total. The first-order chi connectivity index (χ1) is 9.15. The van der Waals surface area contributed by atoms with Crippen molar-refractivity contribution < 1.29 is 13.9 Å². The average Bonchev–Trinajstić information content (AvgIpc) is 2.36. The number of amides is 1. The van der Waals surface area contributed by atoms with Gasteiger partial charge in [-0.2, -0.15) is 0 Å². The average molecular weight is 268 g/mol. The predicted octanol–water partition coefficient (Wildman–Crippen LogP) is 1.84. The summed E-state index contributed by atoms with van der Waals surface area (Å²) < 4.78 is 18.8. The molecule has 0 saturated carbocycles. The number of carbonyl (C=O) groups excluding carboxylic acids is 1. The molecular formula is C14H21FN2O2. The smallest absolute Gasteiger partial charge is 0.223 e. The molecule has 5 heteroatoms. The Kier molecular flexibility index (Phi) is 6.89. The molecule has 0 unspecified atom stereocenters. The molecule has 0 aromatic heterocycles. The number of benzene rings is 1. The molecule has 1 aromatic rings. The summed E-state index contributed by atoms with van der Waals surface area (Å²) in [4.78, 5) is 11.2. The summed E-state index contributed by atoms with van der Waals surface area (Å²) >= 11 is 0. The Morgan fingerprint density at radius 2 is 2.05 bits per heavy atom. The molecule has 0 spiro atoms. The molecule has 106 valence electrons. The molecule has 0 saturated heterocycles. The number of nitrogens with one attached hydrogen (secondary N) is 2. The molecular weight excluding hydrogens is 247 g/mol. The number of carbonyl (C=O) groups is 1. The fraction of sp³-hybridized carbons (Fsp3) is 0.500. The van der Waals surface area contributed by atoms with E-state index in [-0.39, 0.29) is 24.8 Å². The molecule has 1 amide bonds. The maximum absolute atomic E-state index is 13.4. The van der Waals surface area contributed by atoms with Crippen molar-refractivity contribution >= 4 is 5.91 Å². The Hall–Kier alpha value is -1.62. The fourth-order valence-electron chi connectivity index (χ4n) is 1.62. The van der Waals surface area contributed by atoms with E-state index in [4.69, 9.17) is 4.74 Å². The summed E-state index contributed by atoms with van der Waals surface area (Å²) in [6.45, 7) is 6.12. The molecule has 19 heavy (non-hydrogen) atoms. The summed E-state index contributed by atoms with van der Waals surface area (Å²) in [6, 6.07) is 4.58. The number of hydrogen-bond donors (Lipinski definition) is 2. The van der Waals surface area contributed by atoms with Crippen molar-refractivity contribution in [1.29, 1.82) is 0 Å². The lowest BCUT2D eigenvalue weighted by atomic mass is 10.2. The van der Waals surface area contributed by atoms with Crippen LogP contribution >= 0.6 is 0 Å². The lowest BCUT2D eigenvalue weighted by molar-refractivity contribution is -0.121. The maximum Gasteiger partial charge on any atom is 0.223 e. The minimum absolute atomic E-state index is 0.0632. The Balaban J connectivity index is 2.48. The monoisotopic (exact) mass is 268 g/mol. The van der Waals surface area contributed by atoms with Gasteiger partial charge in [0, 0.05) is 19.2 Å². The molecule has 0 heterocycles. The van der Waals surface area contributed by atoms with Crippen molar-refractivity contribution in [2.45, 2.75) is 26.8 Å². The predicted molar refractivity (Wildman–Crippen MR) is 72.6 cm³/mol. The second-order valence-electron chi connectivity index (χ2n) is 4.13. The highest BCUT2D eigenvalue weighted by molar-refractivity contribution is 5.75. The minimum atomic E-state index is -0.330. The van der Waals surface area contributed by atoms with E-state index in [0.717, 1.165) is 12.1 Å². The van der Waals surface area contributed by atoms with Crippen molar-refractivity contribution in [1.82, 2.24) is 10.6 Å². The van der Waals surface area contributed by atoms with Gasteiger partial charge in [-0.3, -0.25) is 4.79 Å². The first kappa shape index (κ1) is 15.4. The van der Waals surface area contributed by atoms with Crippen LogP contribution < -0.4 is 15.4 Å². The van der Waals surface area contributed by atoms with Crippen LogP contribution in [0.1, 0.15) is 25.8 Å². The first-order valence-electron chi connectivity index (χ1n) is 6.55. The summed E-state index contributed by atoms with van der Waals surface area (Å²) in [5.41, 5.74) is 0.829. The quantitative estimate of drug-likeness (QED) is 0.756. The van der Waals surface area contributed by atoms with Crippen molar-refractivity contribution in [3.63, 3.8) is 0 Å². The molecule has 0 fully saturated rings. The van der Waals surface area contributed by atoms with Crippen LogP contribution in [0.4, 0.5) is 4.39 Å². The van der Waals surface area contributed by atoms with Gasteiger partial charge >= 0.3 is 0 Å². The molecule has 0 aliphatic heterocycles. The third-order valence-electron chi connectivity index (χ3n) is 2.48. The van der Waals surface area contributed by atoms with E-state index in [1.165, 1.54) is 12.1 Å². The molecule has 2 N–H and O–H groups in total. The topological polar surface area (TPSA) is 50.4 Å². The van der Waals surface area contributed by atoms with Gasteiger partial charge in [0.05, 0.1) is 13.0 Å². The van der Waals surface area contributed by atoms with Crippen molar-refractivity contribution in [2.24, 2.45) is 0 Å². The van der Waals surface area contributed by atoms with Gasteiger partial charge in [-0.15, -0.1) is 0 Å². The van der Waals surface area contributed by atoms with Gasteiger partial charge in [0.15, 0.2) is 0 Å². The van der Waals surface area contributed by atoms with Crippen molar-refractivity contribution in [2.75, 3.05) is 19.7 Å². The highest BCUT2D eigenvalue weighted by Gasteiger charge is 2.04. The van der Waals surface area contributed by atoms with Crippen LogP contribution in [0.25, 0.3) is 0 Å². The van der Waals surface area contributed by atoms with Crippen LogP contribution in [-0.2, 0) is 11.3 Å². The van der Waals surface area contributed by atoms with E-state index < -0.39 is 0 Å². The number of hydrogen-bond acceptors (Lipinski definition) is 3. The van der Waals surface area contributed by atoms with Crippen molar-refractivity contribution in [3.8, 4) is 5.75 Å². The van der Waals surface area contributed by atoms with E-state index in [0.29, 0.717) is 18.8 Å². The summed E-state index contributed by atoms with van der Waals surface area (Å²) in [5, 5.41) is 5.80. The van der Waals surface area contributed by atoms with Crippen LogP contribution in [-0.4, -0.2) is 25.6 Å². The van der Waals surface area contributed by atoms with Crippen LogP contribution in [0.3, 0.4) is 0 Å². The Bertz CT molecular complexity index is 410. The van der Waals surface area contributed by atoms with Crippen LogP contribution in [0.15, 0.2) is 18.2 Å². The van der Waals surface area contributed by atoms with E-state index >= 15 is 0 Å². The molecule has 1 rings (SSSR count). The number of halogens is 1. The first-order valence-corrected chi connectivity index (χ1v) is 6.55. The highest BCUT2D eigenvalue weighted by Crippen LogP contribution is 2.16. The highest BCUT2D eigenvalue weighted by atomic mass is 19.1. The zero-order valence-corrected chi connectivity index (χ0v) is 11.5. The molecule has 0 aliphatic rings. The lowest BCUT2D eigenvalue weighted by Gasteiger charge is -2.09. The number of rotatable bonds is 8. The molecule has 0 radical (unpaired) electrons. The SMILES string of the molecule is CCNCc1cc(F)cc(OCCC(=O)NCC)c1. The van der Waals surface area contributed by atoms with Crippen LogP contribution in [0, 0.1) is 5.82 Å². The van der Waals surface area contributed by atoms with Gasteiger partial charge in [0.2, 0.25) is 5.91 Å². The summed E-state index contributed by atoms with van der Waals surface area (Å²) in [5.74, 6) is 0.0624. The molecule has 0 atom stereocenters. The second kappa shape index (κ2) is 8.48. The van der Waals surface area contributed by atoms with Gasteiger partial charge in [-0.05, 0) is 31.2 Å². The Labute approximate surface area is 113 Å². The molecule has 0 aliphatic carbocycles. The zero-order chi connectivity index (χ0) is 14.1. The Morgan fingerprint density at radius 3 is 2.74 bits per heavy atom. The summed E-state index contributed by atoms with van der Waals surface area (Å²) in [6.07, 6.45) is 0.271. The Morgan fingerprint density at radius 1 is 1.26 bits per heavy atom. The van der Waals surface area contributed by atoms with Gasteiger partial charge in [0.1, 0.15) is 11.6 Å². The minimum Gasteiger partial charge on any atom is -0.493 e. The zero-order valence-electron chi connectivity index (χ0n) is 11.5. The molecule has 1 aromatic carbocycles. The third kappa shape index (κ3) is 6.20. The lowest BCUT2D eigenvalue weighted by Crippen LogP contribution is -2.24. The number of ether oxygens (including phenoxy) is 1. The summed E-state index contributed by atoms with van der Waals surface area (Å²) in [7, 11) is 0. The van der Waals surface area contributed by atoms with Crippen molar-refractivity contribution in [3.05, 3.63) is 29.6 Å². The van der Waals surface area contributed by atoms with Crippen LogP contribution in [0.2, 0.25) is 0 Å².